The van der Waals surface area contributed by atoms with Gasteiger partial charge in [0.25, 0.3) is 0 Å². The van der Waals surface area contributed by atoms with Crippen LogP contribution in [0.15, 0.2) is 24.3 Å². The molecule has 114 valence electrons. The number of amides is 1. The van der Waals surface area contributed by atoms with Crippen molar-refractivity contribution in [2.75, 3.05) is 0 Å². The van der Waals surface area contributed by atoms with Gasteiger partial charge in [0.1, 0.15) is 5.82 Å². The van der Waals surface area contributed by atoms with Crippen LogP contribution < -0.4 is 5.32 Å². The molecular formula is C16H20FNO3. The van der Waals surface area contributed by atoms with Gasteiger partial charge in [0.15, 0.2) is 0 Å². The molecule has 1 fully saturated rings. The Labute approximate surface area is 123 Å². The fourth-order valence-electron chi connectivity index (χ4n) is 3.03. The third-order valence-corrected chi connectivity index (χ3v) is 4.16. The van der Waals surface area contributed by atoms with E-state index >= 15 is 0 Å². The van der Waals surface area contributed by atoms with Crippen molar-refractivity contribution >= 4 is 11.9 Å². The second-order valence-electron chi connectivity index (χ2n) is 5.91. The number of hydrogen-bond acceptors (Lipinski definition) is 2. The number of carboxylic acids is 1. The molecule has 4 atom stereocenters. The van der Waals surface area contributed by atoms with Gasteiger partial charge >= 0.3 is 5.97 Å². The van der Waals surface area contributed by atoms with Gasteiger partial charge < -0.3 is 10.4 Å². The highest BCUT2D eigenvalue weighted by molar-refractivity contribution is 5.85. The van der Waals surface area contributed by atoms with E-state index in [1.54, 1.807) is 19.1 Å². The second kappa shape index (κ2) is 6.24. The van der Waals surface area contributed by atoms with E-state index in [2.05, 4.69) is 5.32 Å². The molecule has 1 aromatic carbocycles. The largest absolute Gasteiger partial charge is 0.481 e. The summed E-state index contributed by atoms with van der Waals surface area (Å²) in [6.07, 6.45) is 1.11. The summed E-state index contributed by atoms with van der Waals surface area (Å²) in [4.78, 5) is 23.5. The first-order valence-electron chi connectivity index (χ1n) is 7.17. The summed E-state index contributed by atoms with van der Waals surface area (Å²) >= 11 is 0. The first kappa shape index (κ1) is 15.5. The standard InChI is InChI=1S/C16H20FNO3/c1-9-6-13(14(7-9)16(20)21)15(19)18-10(2)11-4-3-5-12(17)8-11/h3-5,8-10,13-14H,6-7H2,1-2H3,(H,18,19)(H,20,21)/t9?,10-,13?,14?/m1/s1. The lowest BCUT2D eigenvalue weighted by atomic mass is 9.94. The summed E-state index contributed by atoms with van der Waals surface area (Å²) < 4.78 is 13.2. The van der Waals surface area contributed by atoms with Crippen molar-refractivity contribution in [3.8, 4) is 0 Å². The third-order valence-electron chi connectivity index (χ3n) is 4.16. The topological polar surface area (TPSA) is 66.4 Å². The first-order valence-corrected chi connectivity index (χ1v) is 7.17. The molecule has 5 heteroatoms. The van der Waals surface area contributed by atoms with Crippen molar-refractivity contribution in [1.82, 2.24) is 5.32 Å². The van der Waals surface area contributed by atoms with Crippen LogP contribution in [0, 0.1) is 23.6 Å². The number of carbonyl (C=O) groups is 2. The van der Waals surface area contributed by atoms with Gasteiger partial charge in [-0.05, 0) is 43.4 Å². The zero-order chi connectivity index (χ0) is 15.6. The lowest BCUT2D eigenvalue weighted by Crippen LogP contribution is -2.36. The Morgan fingerprint density at radius 1 is 1.33 bits per heavy atom. The number of aliphatic carboxylic acids is 1. The summed E-state index contributed by atoms with van der Waals surface area (Å²) in [6.45, 7) is 3.72. The maximum atomic E-state index is 13.2. The van der Waals surface area contributed by atoms with Crippen LogP contribution in [0.1, 0.15) is 38.3 Å². The fraction of sp³-hybridized carbons (Fsp3) is 0.500. The van der Waals surface area contributed by atoms with E-state index in [1.165, 1.54) is 12.1 Å². The molecule has 0 heterocycles. The van der Waals surface area contributed by atoms with Crippen molar-refractivity contribution in [1.29, 1.82) is 0 Å². The summed E-state index contributed by atoms with van der Waals surface area (Å²) in [5.74, 6) is -2.44. The summed E-state index contributed by atoms with van der Waals surface area (Å²) in [7, 11) is 0. The van der Waals surface area contributed by atoms with Crippen LogP contribution in [-0.4, -0.2) is 17.0 Å². The molecule has 0 aromatic heterocycles. The average molecular weight is 293 g/mol. The SMILES string of the molecule is CC1CC(C(=O)O)C(C(=O)N[C@H](C)c2cccc(F)c2)C1. The molecule has 2 rings (SSSR count). The van der Waals surface area contributed by atoms with Gasteiger partial charge in [0.2, 0.25) is 5.91 Å². The summed E-state index contributed by atoms with van der Waals surface area (Å²) in [6, 6.07) is 5.69. The predicted octanol–water partition coefficient (Wildman–Crippen LogP) is 2.75. The van der Waals surface area contributed by atoms with Gasteiger partial charge in [-0.25, -0.2) is 4.39 Å². The van der Waals surface area contributed by atoms with E-state index in [4.69, 9.17) is 0 Å². The lowest BCUT2D eigenvalue weighted by molar-refractivity contribution is -0.146. The molecular weight excluding hydrogens is 273 g/mol. The first-order chi connectivity index (χ1) is 9.88. The minimum atomic E-state index is -0.919. The molecule has 1 saturated carbocycles. The molecule has 1 aliphatic rings. The Balaban J connectivity index is 2.05. The monoisotopic (exact) mass is 293 g/mol. The second-order valence-corrected chi connectivity index (χ2v) is 5.91. The summed E-state index contributed by atoms with van der Waals surface area (Å²) in [5.41, 5.74) is 0.668. The van der Waals surface area contributed by atoms with Crippen LogP contribution in [0.3, 0.4) is 0 Å². The van der Waals surface area contributed by atoms with Crippen molar-refractivity contribution in [3.63, 3.8) is 0 Å². The molecule has 0 saturated heterocycles. The molecule has 0 spiro atoms. The summed E-state index contributed by atoms with van der Waals surface area (Å²) in [5, 5.41) is 12.0. The van der Waals surface area contributed by atoms with E-state index in [-0.39, 0.29) is 23.7 Å². The Kier molecular flexibility index (Phi) is 4.60. The van der Waals surface area contributed by atoms with Gasteiger partial charge in [0.05, 0.1) is 17.9 Å². The van der Waals surface area contributed by atoms with Crippen molar-refractivity contribution in [2.24, 2.45) is 17.8 Å². The van der Waals surface area contributed by atoms with E-state index in [9.17, 15) is 19.1 Å². The van der Waals surface area contributed by atoms with Crippen LogP contribution in [0.4, 0.5) is 4.39 Å². The van der Waals surface area contributed by atoms with Gasteiger partial charge in [0, 0.05) is 0 Å². The van der Waals surface area contributed by atoms with Crippen molar-refractivity contribution < 1.29 is 19.1 Å². The van der Waals surface area contributed by atoms with Gasteiger partial charge in [-0.1, -0.05) is 19.1 Å². The number of carboxylic acid groups (broad SMARTS) is 1. The van der Waals surface area contributed by atoms with Gasteiger partial charge in [-0.15, -0.1) is 0 Å². The molecule has 3 unspecified atom stereocenters. The van der Waals surface area contributed by atoms with Crippen LogP contribution in [0.25, 0.3) is 0 Å². The number of hydrogen-bond donors (Lipinski definition) is 2. The zero-order valence-corrected chi connectivity index (χ0v) is 12.2. The molecule has 4 nitrogen and oxygen atoms in total. The number of halogens is 1. The van der Waals surface area contributed by atoms with E-state index in [1.807, 2.05) is 6.92 Å². The van der Waals surface area contributed by atoms with Crippen LogP contribution >= 0.6 is 0 Å². The highest BCUT2D eigenvalue weighted by atomic mass is 19.1. The molecule has 1 aliphatic carbocycles. The van der Waals surface area contributed by atoms with E-state index in [0.29, 0.717) is 18.4 Å². The quantitative estimate of drug-likeness (QED) is 0.897. The number of benzene rings is 1. The lowest BCUT2D eigenvalue weighted by Gasteiger charge is -2.20. The zero-order valence-electron chi connectivity index (χ0n) is 12.2. The molecule has 0 radical (unpaired) electrons. The van der Waals surface area contributed by atoms with Gasteiger partial charge in [-0.2, -0.15) is 0 Å². The maximum Gasteiger partial charge on any atom is 0.307 e. The number of carbonyl (C=O) groups excluding carboxylic acids is 1. The van der Waals surface area contributed by atoms with E-state index in [0.717, 1.165) is 0 Å². The Hall–Kier alpha value is -1.91. The van der Waals surface area contributed by atoms with E-state index < -0.39 is 17.8 Å². The number of rotatable bonds is 4. The highest BCUT2D eigenvalue weighted by Crippen LogP contribution is 2.36. The Morgan fingerprint density at radius 2 is 2.00 bits per heavy atom. The highest BCUT2D eigenvalue weighted by Gasteiger charge is 2.41. The normalized spacial score (nSPS) is 26.3. The molecule has 1 amide bonds. The molecule has 1 aromatic rings. The average Bonchev–Trinajstić information content (AvgIpc) is 2.81. The van der Waals surface area contributed by atoms with Crippen molar-refractivity contribution in [3.05, 3.63) is 35.6 Å². The Bertz CT molecular complexity index is 546. The minimum absolute atomic E-state index is 0.228. The van der Waals surface area contributed by atoms with Crippen LogP contribution in [0.2, 0.25) is 0 Å². The van der Waals surface area contributed by atoms with Gasteiger partial charge in [-0.3, -0.25) is 9.59 Å². The van der Waals surface area contributed by atoms with Crippen LogP contribution in [0.5, 0.6) is 0 Å². The van der Waals surface area contributed by atoms with Crippen molar-refractivity contribution in [2.45, 2.75) is 32.7 Å². The molecule has 21 heavy (non-hydrogen) atoms. The predicted molar refractivity (Wildman–Crippen MR) is 76.0 cm³/mol. The fourth-order valence-corrected chi connectivity index (χ4v) is 3.03. The Morgan fingerprint density at radius 3 is 2.62 bits per heavy atom. The third kappa shape index (κ3) is 3.60. The molecule has 2 N–H and O–H groups in total. The number of nitrogens with one attached hydrogen (secondary N) is 1. The van der Waals surface area contributed by atoms with Crippen LogP contribution in [-0.2, 0) is 9.59 Å². The minimum Gasteiger partial charge on any atom is -0.481 e. The molecule has 0 aliphatic heterocycles. The molecule has 0 bridgehead atoms. The maximum absolute atomic E-state index is 13.2. The smallest absolute Gasteiger partial charge is 0.307 e.